The summed E-state index contributed by atoms with van der Waals surface area (Å²) in [7, 11) is 3.45. The third-order valence-corrected chi connectivity index (χ3v) is 5.31. The van der Waals surface area contributed by atoms with E-state index in [1.165, 1.54) is 29.9 Å². The van der Waals surface area contributed by atoms with Crippen LogP contribution in [-0.2, 0) is 4.79 Å². The lowest BCUT2D eigenvalue weighted by Crippen LogP contribution is -2.48. The molecule has 1 aliphatic carbocycles. The molecule has 3 rings (SSSR count). The minimum atomic E-state index is -0.434. The smallest absolute Gasteiger partial charge is 0.243 e. The van der Waals surface area contributed by atoms with Crippen molar-refractivity contribution in [2.24, 2.45) is 4.99 Å². The number of ether oxygens (including phenoxy) is 1. The van der Waals surface area contributed by atoms with Gasteiger partial charge in [0.2, 0.25) is 5.91 Å². The number of benzene rings is 1. The first kappa shape index (κ1) is 23.7. The first-order valence-electron chi connectivity index (χ1n) is 10.00. The molecular weight excluding hydrogens is 486 g/mol. The molecule has 1 heterocycles. The van der Waals surface area contributed by atoms with E-state index < -0.39 is 5.60 Å². The minimum absolute atomic E-state index is 0. The SMILES string of the molecule is CN(C)C(=O)CN=C(NC1CCCC1)NC1CC(C)(C)Oc2cc(F)ccc21.I. The number of likely N-dealkylation sites (N-methyl/N-ethyl adjacent to an activating group) is 1. The normalized spacial score (nSPS) is 20.9. The Morgan fingerprint density at radius 2 is 1.97 bits per heavy atom. The summed E-state index contributed by atoms with van der Waals surface area (Å²) in [6, 6.07) is 4.92. The molecule has 0 bridgehead atoms. The first-order chi connectivity index (χ1) is 13.2. The van der Waals surface area contributed by atoms with Gasteiger partial charge in [-0.1, -0.05) is 18.9 Å². The van der Waals surface area contributed by atoms with E-state index in [0.29, 0.717) is 24.2 Å². The lowest BCUT2D eigenvalue weighted by atomic mass is 9.89. The number of fused-ring (bicyclic) bond motifs is 1. The average Bonchev–Trinajstić information content (AvgIpc) is 3.10. The molecule has 1 aromatic rings. The number of carbonyl (C=O) groups is 1. The van der Waals surface area contributed by atoms with Crippen molar-refractivity contribution in [1.29, 1.82) is 0 Å². The van der Waals surface area contributed by atoms with Crippen LogP contribution >= 0.6 is 24.0 Å². The van der Waals surface area contributed by atoms with Crippen molar-refractivity contribution in [2.75, 3.05) is 20.6 Å². The number of amides is 1. The fourth-order valence-electron chi connectivity index (χ4n) is 3.80. The van der Waals surface area contributed by atoms with E-state index in [2.05, 4.69) is 15.6 Å². The predicted molar refractivity (Wildman–Crippen MR) is 123 cm³/mol. The van der Waals surface area contributed by atoms with E-state index >= 15 is 0 Å². The molecule has 1 unspecified atom stereocenters. The van der Waals surface area contributed by atoms with Crippen LogP contribution in [-0.4, -0.2) is 49.0 Å². The van der Waals surface area contributed by atoms with Gasteiger partial charge in [-0.25, -0.2) is 9.38 Å². The zero-order valence-corrected chi connectivity index (χ0v) is 20.0. The van der Waals surface area contributed by atoms with Gasteiger partial charge in [0.15, 0.2) is 5.96 Å². The molecule has 2 aliphatic rings. The quantitative estimate of drug-likeness (QED) is 0.363. The Hall–Kier alpha value is -1.58. The van der Waals surface area contributed by atoms with Crippen LogP contribution < -0.4 is 15.4 Å². The van der Waals surface area contributed by atoms with Crippen molar-refractivity contribution in [1.82, 2.24) is 15.5 Å². The Morgan fingerprint density at radius 1 is 1.28 bits per heavy atom. The van der Waals surface area contributed by atoms with Gasteiger partial charge >= 0.3 is 0 Å². The van der Waals surface area contributed by atoms with Gasteiger partial charge in [-0.2, -0.15) is 0 Å². The minimum Gasteiger partial charge on any atom is -0.487 e. The molecule has 2 N–H and O–H groups in total. The van der Waals surface area contributed by atoms with Crippen LogP contribution in [0.2, 0.25) is 0 Å². The van der Waals surface area contributed by atoms with Crippen LogP contribution in [0.3, 0.4) is 0 Å². The average molecular weight is 518 g/mol. The monoisotopic (exact) mass is 518 g/mol. The van der Waals surface area contributed by atoms with Crippen LogP contribution in [0.4, 0.5) is 4.39 Å². The fraction of sp³-hybridized carbons (Fsp3) is 0.619. The molecule has 29 heavy (non-hydrogen) atoms. The van der Waals surface area contributed by atoms with Crippen molar-refractivity contribution in [3.63, 3.8) is 0 Å². The number of guanidine groups is 1. The van der Waals surface area contributed by atoms with Gasteiger partial charge in [0.1, 0.15) is 23.7 Å². The van der Waals surface area contributed by atoms with E-state index in [9.17, 15) is 9.18 Å². The molecule has 0 aromatic heterocycles. The summed E-state index contributed by atoms with van der Waals surface area (Å²) in [5.41, 5.74) is 0.469. The molecule has 1 aromatic carbocycles. The summed E-state index contributed by atoms with van der Waals surface area (Å²) in [5.74, 6) is 0.811. The Bertz CT molecular complexity index is 748. The highest BCUT2D eigenvalue weighted by molar-refractivity contribution is 14.0. The van der Waals surface area contributed by atoms with Gasteiger partial charge in [0, 0.05) is 38.2 Å². The zero-order valence-electron chi connectivity index (χ0n) is 17.6. The molecule has 1 aliphatic heterocycles. The molecular formula is C21H32FIN4O2. The van der Waals surface area contributed by atoms with E-state index in [1.54, 1.807) is 20.2 Å². The number of halogens is 2. The van der Waals surface area contributed by atoms with Gasteiger partial charge in [0.05, 0.1) is 6.04 Å². The number of nitrogens with one attached hydrogen (secondary N) is 2. The second kappa shape index (κ2) is 9.95. The molecule has 8 heteroatoms. The maximum Gasteiger partial charge on any atom is 0.243 e. The Kier molecular flexibility index (Phi) is 8.13. The van der Waals surface area contributed by atoms with Crippen LogP contribution in [0.25, 0.3) is 0 Å². The summed E-state index contributed by atoms with van der Waals surface area (Å²) in [6.07, 6.45) is 5.31. The number of hydrogen-bond acceptors (Lipinski definition) is 3. The summed E-state index contributed by atoms with van der Waals surface area (Å²) >= 11 is 0. The van der Waals surface area contributed by atoms with Crippen LogP contribution in [0.15, 0.2) is 23.2 Å². The largest absolute Gasteiger partial charge is 0.487 e. The van der Waals surface area contributed by atoms with Crippen molar-refractivity contribution in [3.05, 3.63) is 29.6 Å². The zero-order chi connectivity index (χ0) is 20.3. The van der Waals surface area contributed by atoms with E-state index in [0.717, 1.165) is 18.4 Å². The lowest BCUT2D eigenvalue weighted by Gasteiger charge is -2.38. The van der Waals surface area contributed by atoms with Gasteiger partial charge in [-0.3, -0.25) is 4.79 Å². The second-order valence-electron chi connectivity index (χ2n) is 8.52. The number of hydrogen-bond donors (Lipinski definition) is 2. The molecule has 1 fully saturated rings. The molecule has 0 spiro atoms. The summed E-state index contributed by atoms with van der Waals surface area (Å²) < 4.78 is 19.7. The fourth-order valence-corrected chi connectivity index (χ4v) is 3.80. The maximum atomic E-state index is 13.7. The molecule has 0 saturated heterocycles. The van der Waals surface area contributed by atoms with Gasteiger partial charge in [-0.15, -0.1) is 24.0 Å². The second-order valence-corrected chi connectivity index (χ2v) is 8.52. The topological polar surface area (TPSA) is 66.0 Å². The Balaban J connectivity index is 0.00000300. The number of rotatable bonds is 4. The molecule has 1 saturated carbocycles. The molecule has 6 nitrogen and oxygen atoms in total. The third-order valence-electron chi connectivity index (χ3n) is 5.31. The van der Waals surface area contributed by atoms with Gasteiger partial charge in [-0.05, 0) is 32.8 Å². The highest BCUT2D eigenvalue weighted by atomic mass is 127. The van der Waals surface area contributed by atoms with Crippen molar-refractivity contribution < 1.29 is 13.9 Å². The van der Waals surface area contributed by atoms with Crippen LogP contribution in [0.5, 0.6) is 5.75 Å². The van der Waals surface area contributed by atoms with E-state index in [-0.39, 0.29) is 48.3 Å². The van der Waals surface area contributed by atoms with Gasteiger partial charge in [0.25, 0.3) is 0 Å². The van der Waals surface area contributed by atoms with Gasteiger partial charge < -0.3 is 20.3 Å². The highest BCUT2D eigenvalue weighted by Crippen LogP contribution is 2.39. The van der Waals surface area contributed by atoms with Crippen LogP contribution in [0, 0.1) is 5.82 Å². The third kappa shape index (κ3) is 6.45. The highest BCUT2D eigenvalue weighted by Gasteiger charge is 2.34. The number of carbonyl (C=O) groups excluding carboxylic acids is 1. The molecule has 1 atom stereocenters. The summed E-state index contributed by atoms with van der Waals surface area (Å²) in [5, 5.41) is 6.95. The van der Waals surface area contributed by atoms with E-state index in [1.807, 2.05) is 13.8 Å². The van der Waals surface area contributed by atoms with Crippen molar-refractivity contribution in [2.45, 2.75) is 63.6 Å². The Labute approximate surface area is 189 Å². The van der Waals surface area contributed by atoms with E-state index in [4.69, 9.17) is 4.74 Å². The van der Waals surface area contributed by atoms with Crippen molar-refractivity contribution in [3.8, 4) is 5.75 Å². The maximum absolute atomic E-state index is 13.7. The number of aliphatic imine (C=N–C) groups is 1. The molecule has 0 radical (unpaired) electrons. The first-order valence-corrected chi connectivity index (χ1v) is 10.00. The molecule has 1 amide bonds. The number of nitrogens with zero attached hydrogens (tertiary/aromatic N) is 2. The summed E-state index contributed by atoms with van der Waals surface area (Å²) in [4.78, 5) is 18.1. The predicted octanol–water partition coefficient (Wildman–Crippen LogP) is 3.61. The van der Waals surface area contributed by atoms with Crippen LogP contribution in [0.1, 0.15) is 57.6 Å². The Morgan fingerprint density at radius 3 is 2.62 bits per heavy atom. The standard InChI is InChI=1S/C21H31FN4O2.HI/c1-21(2)12-17(16-10-9-14(22)11-18(16)28-21)25-20(23-13-19(27)26(3)4)24-15-7-5-6-8-15;/h9-11,15,17H,5-8,12-13H2,1-4H3,(H2,23,24,25);1H. The summed E-state index contributed by atoms with van der Waals surface area (Å²) in [6.45, 7) is 4.07. The van der Waals surface area contributed by atoms with Crippen molar-refractivity contribution >= 4 is 35.8 Å². The lowest BCUT2D eigenvalue weighted by molar-refractivity contribution is -0.127. The molecule has 162 valence electrons.